The number of hydrogen-bond donors (Lipinski definition) is 1. The van der Waals surface area contributed by atoms with Gasteiger partial charge in [-0.2, -0.15) is 10.1 Å². The van der Waals surface area contributed by atoms with Gasteiger partial charge in [0.25, 0.3) is 5.56 Å². The van der Waals surface area contributed by atoms with Gasteiger partial charge < -0.3 is 0 Å². The van der Waals surface area contributed by atoms with Crippen molar-refractivity contribution in [2.75, 3.05) is 0 Å². The Hall–Kier alpha value is -2.84. The summed E-state index contributed by atoms with van der Waals surface area (Å²) in [5, 5.41) is 5.66. The Morgan fingerprint density at radius 2 is 1.87 bits per heavy atom. The molecule has 1 aromatic carbocycles. The molecular formula is C20H20Cl2N6O2. The van der Waals surface area contributed by atoms with Gasteiger partial charge in [-0.3, -0.25) is 18.9 Å². The van der Waals surface area contributed by atoms with E-state index in [1.54, 1.807) is 34.5 Å². The van der Waals surface area contributed by atoms with E-state index in [-0.39, 0.29) is 17.7 Å². The zero-order chi connectivity index (χ0) is 21.6. The van der Waals surface area contributed by atoms with Gasteiger partial charge in [-0.25, -0.2) is 9.48 Å². The summed E-state index contributed by atoms with van der Waals surface area (Å²) in [6.07, 6.45) is 1.50. The molecule has 4 aromatic rings. The number of halogens is 2. The zero-order valence-corrected chi connectivity index (χ0v) is 18.3. The SMILES string of the molecule is CCc1cc(CC)n(-c2nc3c(c(=O)[nH]c(=O)n3C)n2Cc2ccc(Cl)cc2Cl)n1. The van der Waals surface area contributed by atoms with Crippen LogP contribution < -0.4 is 11.2 Å². The van der Waals surface area contributed by atoms with Gasteiger partial charge in [0.15, 0.2) is 11.2 Å². The summed E-state index contributed by atoms with van der Waals surface area (Å²) >= 11 is 12.4. The van der Waals surface area contributed by atoms with Crippen molar-refractivity contribution in [3.63, 3.8) is 0 Å². The highest BCUT2D eigenvalue weighted by atomic mass is 35.5. The van der Waals surface area contributed by atoms with Crippen LogP contribution in [-0.2, 0) is 26.4 Å². The Morgan fingerprint density at radius 3 is 2.53 bits per heavy atom. The lowest BCUT2D eigenvalue weighted by Gasteiger charge is -2.12. The number of benzene rings is 1. The van der Waals surface area contributed by atoms with E-state index in [0.717, 1.165) is 29.8 Å². The molecule has 0 radical (unpaired) electrons. The molecule has 0 amide bonds. The molecule has 4 rings (SSSR count). The van der Waals surface area contributed by atoms with Crippen molar-refractivity contribution in [2.45, 2.75) is 33.2 Å². The van der Waals surface area contributed by atoms with E-state index in [2.05, 4.69) is 15.1 Å². The molecule has 0 saturated heterocycles. The molecule has 0 bridgehead atoms. The van der Waals surface area contributed by atoms with Crippen LogP contribution in [-0.4, -0.2) is 28.9 Å². The quantitative estimate of drug-likeness (QED) is 0.509. The van der Waals surface area contributed by atoms with Gasteiger partial charge >= 0.3 is 5.69 Å². The van der Waals surface area contributed by atoms with Gasteiger partial charge in [-0.15, -0.1) is 0 Å². The molecule has 0 atom stereocenters. The summed E-state index contributed by atoms with van der Waals surface area (Å²) in [6.45, 7) is 4.31. The molecule has 0 aliphatic heterocycles. The average Bonchev–Trinajstić information content (AvgIpc) is 3.29. The monoisotopic (exact) mass is 446 g/mol. The predicted octanol–water partition coefficient (Wildman–Crippen LogP) is 3.09. The van der Waals surface area contributed by atoms with Crippen molar-refractivity contribution >= 4 is 34.4 Å². The van der Waals surface area contributed by atoms with E-state index < -0.39 is 11.2 Å². The highest BCUT2D eigenvalue weighted by Gasteiger charge is 2.22. The smallest absolute Gasteiger partial charge is 0.298 e. The zero-order valence-electron chi connectivity index (χ0n) is 16.7. The second-order valence-electron chi connectivity index (χ2n) is 6.97. The third kappa shape index (κ3) is 3.36. The molecule has 0 fully saturated rings. The lowest BCUT2D eigenvalue weighted by Crippen LogP contribution is -2.29. The second-order valence-corrected chi connectivity index (χ2v) is 7.81. The number of nitrogens with zero attached hydrogens (tertiary/aromatic N) is 5. The van der Waals surface area contributed by atoms with E-state index in [0.29, 0.717) is 16.0 Å². The van der Waals surface area contributed by atoms with Crippen molar-refractivity contribution in [2.24, 2.45) is 7.05 Å². The number of hydrogen-bond acceptors (Lipinski definition) is 4. The highest BCUT2D eigenvalue weighted by molar-refractivity contribution is 6.35. The van der Waals surface area contributed by atoms with Crippen LogP contribution in [0.15, 0.2) is 33.9 Å². The lowest BCUT2D eigenvalue weighted by molar-refractivity contribution is 0.687. The van der Waals surface area contributed by atoms with E-state index in [4.69, 9.17) is 23.2 Å². The van der Waals surface area contributed by atoms with Crippen molar-refractivity contribution in [3.05, 3.63) is 72.1 Å². The Labute approximate surface area is 181 Å². The number of H-pyrrole nitrogens is 1. The summed E-state index contributed by atoms with van der Waals surface area (Å²) in [5.74, 6) is 0.444. The van der Waals surface area contributed by atoms with E-state index >= 15 is 0 Å². The fraction of sp³-hybridized carbons (Fsp3) is 0.300. The normalized spacial score (nSPS) is 11.5. The summed E-state index contributed by atoms with van der Waals surface area (Å²) < 4.78 is 4.77. The van der Waals surface area contributed by atoms with Gasteiger partial charge in [-0.05, 0) is 36.6 Å². The maximum Gasteiger partial charge on any atom is 0.329 e. The number of fused-ring (bicyclic) bond motifs is 1. The molecule has 0 unspecified atom stereocenters. The first-order valence-electron chi connectivity index (χ1n) is 9.55. The van der Waals surface area contributed by atoms with Crippen LogP contribution in [0.2, 0.25) is 10.0 Å². The molecule has 0 spiro atoms. The Kier molecular flexibility index (Phi) is 5.29. The van der Waals surface area contributed by atoms with Crippen LogP contribution in [0.1, 0.15) is 30.8 Å². The average molecular weight is 447 g/mol. The first-order valence-corrected chi connectivity index (χ1v) is 10.3. The van der Waals surface area contributed by atoms with Gasteiger partial charge in [0, 0.05) is 22.8 Å². The van der Waals surface area contributed by atoms with Crippen molar-refractivity contribution in [1.29, 1.82) is 0 Å². The van der Waals surface area contributed by atoms with E-state index in [9.17, 15) is 9.59 Å². The largest absolute Gasteiger partial charge is 0.329 e. The standard InChI is InChI=1S/C20H20Cl2N6O2/c1-4-13-9-14(5-2)28(25-13)19-23-17-16(18(29)24-20(30)26(17)3)27(19)10-11-6-7-12(21)8-15(11)22/h6-9H,4-5,10H2,1-3H3,(H,24,29,30). The third-order valence-corrected chi connectivity index (χ3v) is 5.67. The van der Waals surface area contributed by atoms with Crippen LogP contribution in [0.3, 0.4) is 0 Å². The van der Waals surface area contributed by atoms with Crippen molar-refractivity contribution < 1.29 is 0 Å². The van der Waals surface area contributed by atoms with Gasteiger partial charge in [-0.1, -0.05) is 43.1 Å². The molecule has 3 heterocycles. The van der Waals surface area contributed by atoms with Crippen LogP contribution in [0.5, 0.6) is 0 Å². The molecule has 0 saturated carbocycles. The van der Waals surface area contributed by atoms with Crippen molar-refractivity contribution in [3.8, 4) is 5.95 Å². The van der Waals surface area contributed by atoms with Gasteiger partial charge in [0.2, 0.25) is 5.95 Å². The molecule has 8 nitrogen and oxygen atoms in total. The Morgan fingerprint density at radius 1 is 1.10 bits per heavy atom. The molecule has 1 N–H and O–H groups in total. The number of imidazole rings is 1. The maximum absolute atomic E-state index is 12.7. The third-order valence-electron chi connectivity index (χ3n) is 5.08. The molecular weight excluding hydrogens is 427 g/mol. The number of nitrogens with one attached hydrogen (secondary N) is 1. The van der Waals surface area contributed by atoms with Gasteiger partial charge in [0.1, 0.15) is 0 Å². The molecule has 0 aliphatic carbocycles. The van der Waals surface area contributed by atoms with Crippen LogP contribution in [0.4, 0.5) is 0 Å². The molecule has 0 aliphatic rings. The van der Waals surface area contributed by atoms with Crippen molar-refractivity contribution in [1.82, 2.24) is 28.9 Å². The Bertz CT molecular complexity index is 1380. The fourth-order valence-electron chi connectivity index (χ4n) is 3.43. The lowest BCUT2D eigenvalue weighted by atomic mass is 10.2. The predicted molar refractivity (Wildman–Crippen MR) is 117 cm³/mol. The molecule has 10 heteroatoms. The number of rotatable bonds is 5. The Balaban J connectivity index is 2.05. The number of aromatic amines is 1. The number of aryl methyl sites for hydroxylation is 3. The topological polar surface area (TPSA) is 90.5 Å². The van der Waals surface area contributed by atoms with E-state index in [1.165, 1.54) is 4.57 Å². The summed E-state index contributed by atoms with van der Waals surface area (Å²) in [7, 11) is 1.57. The fourth-order valence-corrected chi connectivity index (χ4v) is 3.90. The molecule has 3 aromatic heterocycles. The minimum absolute atomic E-state index is 0.258. The van der Waals surface area contributed by atoms with Crippen LogP contribution >= 0.6 is 23.2 Å². The number of aromatic nitrogens is 6. The van der Waals surface area contributed by atoms with Crippen LogP contribution in [0, 0.1) is 0 Å². The summed E-state index contributed by atoms with van der Waals surface area (Å²) in [5.41, 5.74) is 2.13. The summed E-state index contributed by atoms with van der Waals surface area (Å²) in [4.78, 5) is 31.9. The first-order chi connectivity index (χ1) is 14.3. The minimum atomic E-state index is -0.529. The summed E-state index contributed by atoms with van der Waals surface area (Å²) in [6, 6.07) is 7.21. The van der Waals surface area contributed by atoms with E-state index in [1.807, 2.05) is 19.9 Å². The molecule has 30 heavy (non-hydrogen) atoms. The highest BCUT2D eigenvalue weighted by Crippen LogP contribution is 2.25. The minimum Gasteiger partial charge on any atom is -0.298 e. The molecule has 156 valence electrons. The first kappa shape index (κ1) is 20.4. The maximum atomic E-state index is 12.7. The second kappa shape index (κ2) is 7.77. The van der Waals surface area contributed by atoms with Gasteiger partial charge in [0.05, 0.1) is 12.2 Å². The van der Waals surface area contributed by atoms with Crippen LogP contribution in [0.25, 0.3) is 17.1 Å².